The van der Waals surface area contributed by atoms with E-state index in [-0.39, 0.29) is 18.4 Å². The zero-order valence-corrected chi connectivity index (χ0v) is 17.8. The topological polar surface area (TPSA) is 89.1 Å². The standard InChI is InChI=1S/C23H29N3O5/c1-2-29-14-15-31-21-5-3-4-20(16-21)25-22(27)17-24-19-8-6-18(7-9-19)23(28)26-10-12-30-13-11-26/h3-9,16,24H,2,10-15,17H2,1H3,(H,25,27). The van der Waals surface area contributed by atoms with Crippen LogP contribution >= 0.6 is 0 Å². The minimum atomic E-state index is -0.181. The first-order valence-electron chi connectivity index (χ1n) is 10.5. The van der Waals surface area contributed by atoms with Crippen LogP contribution in [0.1, 0.15) is 17.3 Å². The van der Waals surface area contributed by atoms with Crippen LogP contribution in [0.3, 0.4) is 0 Å². The van der Waals surface area contributed by atoms with E-state index >= 15 is 0 Å². The summed E-state index contributed by atoms with van der Waals surface area (Å²) in [5, 5.41) is 5.91. The molecule has 8 nitrogen and oxygen atoms in total. The molecule has 0 saturated carbocycles. The van der Waals surface area contributed by atoms with E-state index in [0.29, 0.717) is 63.1 Å². The number of nitrogens with zero attached hydrogens (tertiary/aromatic N) is 1. The van der Waals surface area contributed by atoms with Gasteiger partial charge in [-0.3, -0.25) is 9.59 Å². The normalized spacial score (nSPS) is 13.5. The van der Waals surface area contributed by atoms with Crippen molar-refractivity contribution in [3.8, 4) is 5.75 Å². The highest BCUT2D eigenvalue weighted by Gasteiger charge is 2.18. The van der Waals surface area contributed by atoms with E-state index < -0.39 is 0 Å². The molecular weight excluding hydrogens is 398 g/mol. The third kappa shape index (κ3) is 7.27. The second kappa shape index (κ2) is 11.9. The molecule has 1 aliphatic heterocycles. The van der Waals surface area contributed by atoms with Crippen LogP contribution in [0.15, 0.2) is 48.5 Å². The Morgan fingerprint density at radius 1 is 1.03 bits per heavy atom. The van der Waals surface area contributed by atoms with Crippen molar-refractivity contribution in [2.24, 2.45) is 0 Å². The molecular formula is C23H29N3O5. The van der Waals surface area contributed by atoms with Crippen LogP contribution in [0.25, 0.3) is 0 Å². The molecule has 8 heteroatoms. The van der Waals surface area contributed by atoms with Crippen molar-refractivity contribution in [3.05, 3.63) is 54.1 Å². The number of hydrogen-bond acceptors (Lipinski definition) is 6. The number of carbonyl (C=O) groups is 2. The molecule has 3 rings (SSSR count). The van der Waals surface area contributed by atoms with Crippen molar-refractivity contribution in [3.63, 3.8) is 0 Å². The van der Waals surface area contributed by atoms with Gasteiger partial charge in [0.25, 0.3) is 5.91 Å². The van der Waals surface area contributed by atoms with Gasteiger partial charge >= 0.3 is 0 Å². The van der Waals surface area contributed by atoms with Gasteiger partial charge in [0.05, 0.1) is 26.4 Å². The maximum absolute atomic E-state index is 12.5. The predicted octanol–water partition coefficient (Wildman–Crippen LogP) is 2.62. The van der Waals surface area contributed by atoms with Crippen LogP contribution < -0.4 is 15.4 Å². The van der Waals surface area contributed by atoms with Crippen LogP contribution in [-0.2, 0) is 14.3 Å². The van der Waals surface area contributed by atoms with Gasteiger partial charge in [-0.15, -0.1) is 0 Å². The summed E-state index contributed by atoms with van der Waals surface area (Å²) in [4.78, 5) is 26.5. The smallest absolute Gasteiger partial charge is 0.254 e. The molecule has 0 aromatic heterocycles. The minimum absolute atomic E-state index is 0.00375. The summed E-state index contributed by atoms with van der Waals surface area (Å²) in [5.74, 6) is 0.488. The van der Waals surface area contributed by atoms with Crippen molar-refractivity contribution >= 4 is 23.2 Å². The van der Waals surface area contributed by atoms with Crippen LogP contribution in [0.2, 0.25) is 0 Å². The van der Waals surface area contributed by atoms with E-state index in [9.17, 15) is 9.59 Å². The molecule has 166 valence electrons. The summed E-state index contributed by atoms with van der Waals surface area (Å²) < 4.78 is 16.1. The zero-order chi connectivity index (χ0) is 21.9. The van der Waals surface area contributed by atoms with Gasteiger partial charge in [-0.05, 0) is 43.3 Å². The maximum atomic E-state index is 12.5. The highest BCUT2D eigenvalue weighted by Crippen LogP contribution is 2.17. The van der Waals surface area contributed by atoms with Crippen LogP contribution in [0, 0.1) is 0 Å². The fourth-order valence-electron chi connectivity index (χ4n) is 3.09. The number of morpholine rings is 1. The molecule has 0 atom stereocenters. The molecule has 1 aliphatic rings. The molecule has 2 amide bonds. The van der Waals surface area contributed by atoms with E-state index in [1.807, 2.05) is 19.1 Å². The molecule has 2 aromatic carbocycles. The molecule has 0 aliphatic carbocycles. The Kier molecular flexibility index (Phi) is 8.69. The average Bonchev–Trinajstić information content (AvgIpc) is 2.81. The summed E-state index contributed by atoms with van der Waals surface area (Å²) in [7, 11) is 0. The summed E-state index contributed by atoms with van der Waals surface area (Å²) in [5.41, 5.74) is 2.05. The lowest BCUT2D eigenvalue weighted by Crippen LogP contribution is -2.40. The van der Waals surface area contributed by atoms with Gasteiger partial charge in [0.2, 0.25) is 5.91 Å². The van der Waals surface area contributed by atoms with Crippen LogP contribution in [0.4, 0.5) is 11.4 Å². The van der Waals surface area contributed by atoms with Crippen molar-refractivity contribution < 1.29 is 23.8 Å². The molecule has 1 saturated heterocycles. The Balaban J connectivity index is 1.44. The minimum Gasteiger partial charge on any atom is -0.491 e. The molecule has 0 radical (unpaired) electrons. The highest BCUT2D eigenvalue weighted by atomic mass is 16.5. The maximum Gasteiger partial charge on any atom is 0.254 e. The number of carbonyl (C=O) groups excluding carboxylic acids is 2. The summed E-state index contributed by atoms with van der Waals surface area (Å²) in [6, 6.07) is 14.4. The third-order valence-corrected chi connectivity index (χ3v) is 4.70. The second-order valence-electron chi connectivity index (χ2n) is 6.96. The van der Waals surface area contributed by atoms with Gasteiger partial charge in [-0.25, -0.2) is 0 Å². The summed E-state index contributed by atoms with van der Waals surface area (Å²) in [6.07, 6.45) is 0. The molecule has 0 unspecified atom stereocenters. The molecule has 2 aromatic rings. The molecule has 0 bridgehead atoms. The van der Waals surface area contributed by atoms with Crippen molar-refractivity contribution in [1.82, 2.24) is 4.90 Å². The Bertz CT molecular complexity index is 851. The lowest BCUT2D eigenvalue weighted by atomic mass is 10.1. The Hall–Kier alpha value is -3.10. The first kappa shape index (κ1) is 22.6. The fourth-order valence-corrected chi connectivity index (χ4v) is 3.09. The monoisotopic (exact) mass is 427 g/mol. The van der Waals surface area contributed by atoms with E-state index in [4.69, 9.17) is 14.2 Å². The van der Waals surface area contributed by atoms with Crippen molar-refractivity contribution in [2.75, 3.05) is 63.3 Å². The first-order chi connectivity index (χ1) is 15.2. The number of nitrogens with one attached hydrogen (secondary N) is 2. The molecule has 31 heavy (non-hydrogen) atoms. The SMILES string of the molecule is CCOCCOc1cccc(NC(=O)CNc2ccc(C(=O)N3CCOCC3)cc2)c1. The Labute approximate surface area is 182 Å². The van der Waals surface area contributed by atoms with Crippen LogP contribution in [-0.4, -0.2) is 69.4 Å². The highest BCUT2D eigenvalue weighted by molar-refractivity contribution is 5.95. The van der Waals surface area contributed by atoms with Crippen LogP contribution in [0.5, 0.6) is 5.75 Å². The van der Waals surface area contributed by atoms with Crippen molar-refractivity contribution in [1.29, 1.82) is 0 Å². The largest absolute Gasteiger partial charge is 0.491 e. The Morgan fingerprint density at radius 2 is 1.81 bits per heavy atom. The number of ether oxygens (including phenoxy) is 3. The first-order valence-corrected chi connectivity index (χ1v) is 10.5. The molecule has 0 spiro atoms. The number of benzene rings is 2. The van der Waals surface area contributed by atoms with E-state index in [2.05, 4.69) is 10.6 Å². The van der Waals surface area contributed by atoms with Gasteiger partial charge in [0.15, 0.2) is 0 Å². The fraction of sp³-hybridized carbons (Fsp3) is 0.391. The summed E-state index contributed by atoms with van der Waals surface area (Å²) >= 11 is 0. The van der Waals surface area contributed by atoms with Gasteiger partial charge < -0.3 is 29.7 Å². The zero-order valence-electron chi connectivity index (χ0n) is 17.8. The van der Waals surface area contributed by atoms with Gasteiger partial charge in [-0.1, -0.05) is 6.07 Å². The van der Waals surface area contributed by atoms with Gasteiger partial charge in [0.1, 0.15) is 12.4 Å². The molecule has 1 heterocycles. The summed E-state index contributed by atoms with van der Waals surface area (Å²) in [6.45, 7) is 6.03. The number of hydrogen-bond donors (Lipinski definition) is 2. The third-order valence-electron chi connectivity index (χ3n) is 4.70. The number of rotatable bonds is 10. The van der Waals surface area contributed by atoms with Gasteiger partial charge in [0, 0.05) is 42.7 Å². The quantitative estimate of drug-likeness (QED) is 0.567. The van der Waals surface area contributed by atoms with E-state index in [1.165, 1.54) is 0 Å². The second-order valence-corrected chi connectivity index (χ2v) is 6.96. The average molecular weight is 428 g/mol. The lowest BCUT2D eigenvalue weighted by molar-refractivity contribution is -0.114. The Morgan fingerprint density at radius 3 is 2.55 bits per heavy atom. The van der Waals surface area contributed by atoms with Crippen molar-refractivity contribution in [2.45, 2.75) is 6.92 Å². The van der Waals surface area contributed by atoms with Gasteiger partial charge in [-0.2, -0.15) is 0 Å². The number of anilines is 2. The van der Waals surface area contributed by atoms with E-state index in [1.54, 1.807) is 41.3 Å². The molecule has 1 fully saturated rings. The molecule has 2 N–H and O–H groups in total. The van der Waals surface area contributed by atoms with E-state index in [0.717, 1.165) is 5.69 Å². The lowest BCUT2D eigenvalue weighted by Gasteiger charge is -2.26. The number of amides is 2. The predicted molar refractivity (Wildman–Crippen MR) is 119 cm³/mol.